The molecular formula is C21H19BrN2O5S. The number of nitrogens with zero attached hydrogens (tertiary/aromatic N) is 2. The van der Waals surface area contributed by atoms with Crippen LogP contribution < -0.4 is 9.47 Å². The molecule has 1 aliphatic rings. The van der Waals surface area contributed by atoms with E-state index in [1.165, 1.54) is 30.7 Å². The monoisotopic (exact) mass is 490 g/mol. The van der Waals surface area contributed by atoms with Crippen molar-refractivity contribution in [1.82, 2.24) is 4.90 Å². The molecule has 0 unspecified atom stereocenters. The highest BCUT2D eigenvalue weighted by molar-refractivity contribution is 9.10. The molecule has 156 valence electrons. The van der Waals surface area contributed by atoms with E-state index in [-0.39, 0.29) is 5.91 Å². The van der Waals surface area contributed by atoms with Gasteiger partial charge in [-0.3, -0.25) is 9.69 Å². The van der Waals surface area contributed by atoms with Crippen LogP contribution in [0, 0.1) is 0 Å². The van der Waals surface area contributed by atoms with Gasteiger partial charge in [0.2, 0.25) is 0 Å². The second kappa shape index (κ2) is 9.36. The number of carboxylic acids is 1. The van der Waals surface area contributed by atoms with E-state index in [1.54, 1.807) is 31.3 Å². The van der Waals surface area contributed by atoms with E-state index in [2.05, 4.69) is 20.9 Å². The first kappa shape index (κ1) is 21.9. The summed E-state index contributed by atoms with van der Waals surface area (Å²) in [5.74, 6) is -0.536. The lowest BCUT2D eigenvalue weighted by Gasteiger charge is -2.14. The maximum atomic E-state index is 12.6. The molecule has 9 heteroatoms. The lowest BCUT2D eigenvalue weighted by Crippen LogP contribution is -2.23. The Hall–Kier alpha value is -2.78. The van der Waals surface area contributed by atoms with Crippen LogP contribution in [0.15, 0.2) is 56.8 Å². The molecule has 1 saturated heterocycles. The number of amidine groups is 1. The summed E-state index contributed by atoms with van der Waals surface area (Å²) in [5, 5.41) is 9.59. The first-order chi connectivity index (χ1) is 14.3. The number of rotatable bonds is 6. The molecule has 0 aromatic heterocycles. The van der Waals surface area contributed by atoms with Crippen LogP contribution in [-0.4, -0.2) is 47.3 Å². The Balaban J connectivity index is 1.84. The van der Waals surface area contributed by atoms with E-state index < -0.39 is 12.1 Å². The van der Waals surface area contributed by atoms with Crippen LogP contribution in [0.1, 0.15) is 12.5 Å². The van der Waals surface area contributed by atoms with Gasteiger partial charge in [-0.05, 0) is 66.7 Å². The summed E-state index contributed by atoms with van der Waals surface area (Å²) in [7, 11) is 3.15. The van der Waals surface area contributed by atoms with Gasteiger partial charge in [-0.2, -0.15) is 0 Å². The average Bonchev–Trinajstić information content (AvgIpc) is 2.98. The summed E-state index contributed by atoms with van der Waals surface area (Å²) in [5.41, 5.74) is 1.47. The van der Waals surface area contributed by atoms with Crippen molar-refractivity contribution in [3.63, 3.8) is 0 Å². The summed E-state index contributed by atoms with van der Waals surface area (Å²) in [6.45, 7) is 1.44. The number of carbonyl (C=O) groups is 2. The van der Waals surface area contributed by atoms with Crippen molar-refractivity contribution in [3.05, 3.63) is 57.4 Å². The van der Waals surface area contributed by atoms with Crippen molar-refractivity contribution in [2.45, 2.75) is 13.0 Å². The van der Waals surface area contributed by atoms with E-state index in [9.17, 15) is 9.59 Å². The lowest BCUT2D eigenvalue weighted by molar-refractivity contribution is -0.144. The van der Waals surface area contributed by atoms with Crippen LogP contribution in [0.5, 0.6) is 11.5 Å². The van der Waals surface area contributed by atoms with E-state index in [0.29, 0.717) is 21.6 Å². The summed E-state index contributed by atoms with van der Waals surface area (Å²) >= 11 is 4.67. The number of hydrogen-bond donors (Lipinski definition) is 1. The number of methoxy groups -OCH3 is 1. The Labute approximate surface area is 186 Å². The third-order valence-electron chi connectivity index (χ3n) is 4.19. The minimum absolute atomic E-state index is 0.158. The van der Waals surface area contributed by atoms with Gasteiger partial charge in [0.15, 0.2) is 22.8 Å². The second-order valence-electron chi connectivity index (χ2n) is 6.35. The molecule has 1 heterocycles. The van der Waals surface area contributed by atoms with Crippen molar-refractivity contribution in [2.24, 2.45) is 4.99 Å². The van der Waals surface area contributed by atoms with Crippen molar-refractivity contribution < 1.29 is 24.2 Å². The van der Waals surface area contributed by atoms with E-state index in [4.69, 9.17) is 14.6 Å². The average molecular weight is 491 g/mol. The van der Waals surface area contributed by atoms with Gasteiger partial charge in [0.25, 0.3) is 5.91 Å². The van der Waals surface area contributed by atoms with Gasteiger partial charge in [0.1, 0.15) is 0 Å². The number of likely N-dealkylation sites (N-methyl/N-ethyl adjacent to an activating group) is 1. The number of carbonyl (C=O) groups excluding carboxylic acids is 1. The number of hydrogen-bond acceptors (Lipinski definition) is 6. The van der Waals surface area contributed by atoms with Gasteiger partial charge in [-0.25, -0.2) is 9.79 Å². The molecule has 0 spiro atoms. The van der Waals surface area contributed by atoms with E-state index in [0.717, 1.165) is 15.7 Å². The first-order valence-corrected chi connectivity index (χ1v) is 10.5. The fraction of sp³-hybridized carbons (Fsp3) is 0.190. The van der Waals surface area contributed by atoms with Crippen LogP contribution in [0.4, 0.5) is 5.69 Å². The molecule has 1 aliphatic heterocycles. The van der Waals surface area contributed by atoms with Gasteiger partial charge in [0, 0.05) is 11.5 Å². The third-order valence-corrected chi connectivity index (χ3v) is 5.78. The Morgan fingerprint density at radius 3 is 2.57 bits per heavy atom. The number of thioether (sulfide) groups is 1. The standard InChI is InChI=1S/C21H19BrN2O5S/c1-12(20(26)27)29-16-9-4-13(10-17(16)28-3)11-18-19(25)24(2)21(30-18)23-15-7-5-14(22)6-8-15/h4-12H,1-3H3,(H,26,27)/b18-11-,23-21?/t12-/m1/s1. The van der Waals surface area contributed by atoms with Crippen LogP contribution in [-0.2, 0) is 9.59 Å². The number of benzene rings is 2. The van der Waals surface area contributed by atoms with Crippen molar-refractivity contribution in [3.8, 4) is 11.5 Å². The van der Waals surface area contributed by atoms with Crippen molar-refractivity contribution in [1.29, 1.82) is 0 Å². The number of halogens is 1. The fourth-order valence-corrected chi connectivity index (χ4v) is 3.79. The molecule has 1 fully saturated rings. The molecule has 0 saturated carbocycles. The summed E-state index contributed by atoms with van der Waals surface area (Å²) in [6, 6.07) is 12.5. The summed E-state index contributed by atoms with van der Waals surface area (Å²) < 4.78 is 11.7. The molecule has 1 atom stereocenters. The molecule has 1 N–H and O–H groups in total. The van der Waals surface area contributed by atoms with Gasteiger partial charge < -0.3 is 14.6 Å². The number of aliphatic carboxylic acids is 1. The molecule has 3 rings (SSSR count). The number of amides is 1. The zero-order chi connectivity index (χ0) is 21.8. The normalized spacial score (nSPS) is 17.5. The molecule has 30 heavy (non-hydrogen) atoms. The van der Waals surface area contributed by atoms with Crippen molar-refractivity contribution >= 4 is 56.5 Å². The Kier molecular flexibility index (Phi) is 6.84. The summed E-state index contributed by atoms with van der Waals surface area (Å²) in [6.07, 6.45) is 0.724. The number of ether oxygens (including phenoxy) is 2. The molecule has 7 nitrogen and oxygen atoms in total. The maximum Gasteiger partial charge on any atom is 0.344 e. The predicted molar refractivity (Wildman–Crippen MR) is 120 cm³/mol. The van der Waals surface area contributed by atoms with Gasteiger partial charge in [0.05, 0.1) is 17.7 Å². The first-order valence-electron chi connectivity index (χ1n) is 8.88. The third kappa shape index (κ3) is 5.03. The van der Waals surface area contributed by atoms with E-state index in [1.807, 2.05) is 24.3 Å². The molecule has 0 aliphatic carbocycles. The highest BCUT2D eigenvalue weighted by Gasteiger charge is 2.30. The van der Waals surface area contributed by atoms with Crippen LogP contribution >= 0.6 is 27.7 Å². The molecule has 1 amide bonds. The molecule has 0 radical (unpaired) electrons. The zero-order valence-corrected chi connectivity index (χ0v) is 18.9. The topological polar surface area (TPSA) is 88.4 Å². The Morgan fingerprint density at radius 2 is 1.93 bits per heavy atom. The van der Waals surface area contributed by atoms with E-state index >= 15 is 0 Å². The quantitative estimate of drug-likeness (QED) is 0.597. The minimum Gasteiger partial charge on any atom is -0.493 e. The van der Waals surface area contributed by atoms with Crippen molar-refractivity contribution in [2.75, 3.05) is 14.2 Å². The van der Waals surface area contributed by atoms with Crippen LogP contribution in [0.25, 0.3) is 6.08 Å². The molecule has 2 aromatic carbocycles. The maximum absolute atomic E-state index is 12.6. The number of carboxylic acid groups (broad SMARTS) is 1. The highest BCUT2D eigenvalue weighted by Crippen LogP contribution is 2.35. The van der Waals surface area contributed by atoms with Crippen LogP contribution in [0.3, 0.4) is 0 Å². The van der Waals surface area contributed by atoms with Crippen LogP contribution in [0.2, 0.25) is 0 Å². The molecular weight excluding hydrogens is 472 g/mol. The smallest absolute Gasteiger partial charge is 0.344 e. The number of aliphatic imine (C=N–C) groups is 1. The Morgan fingerprint density at radius 1 is 1.23 bits per heavy atom. The van der Waals surface area contributed by atoms with Gasteiger partial charge in [-0.15, -0.1) is 0 Å². The lowest BCUT2D eigenvalue weighted by atomic mass is 10.2. The van der Waals surface area contributed by atoms with Gasteiger partial charge in [-0.1, -0.05) is 22.0 Å². The highest BCUT2D eigenvalue weighted by atomic mass is 79.9. The summed E-state index contributed by atoms with van der Waals surface area (Å²) in [4.78, 5) is 30.2. The Bertz CT molecular complexity index is 1040. The predicted octanol–water partition coefficient (Wildman–Crippen LogP) is 4.54. The fourth-order valence-electron chi connectivity index (χ4n) is 2.54. The molecule has 0 bridgehead atoms. The SMILES string of the molecule is COc1cc(/C=C2\SC(=Nc3ccc(Br)cc3)N(C)C2=O)ccc1O[C@H](C)C(=O)O. The zero-order valence-electron chi connectivity index (χ0n) is 16.5. The molecule has 2 aromatic rings. The minimum atomic E-state index is -1.07. The largest absolute Gasteiger partial charge is 0.493 e. The van der Waals surface area contributed by atoms with Gasteiger partial charge >= 0.3 is 5.97 Å². The second-order valence-corrected chi connectivity index (χ2v) is 8.28.